The summed E-state index contributed by atoms with van der Waals surface area (Å²) in [5.41, 5.74) is 1.16. The Labute approximate surface area is 147 Å². The summed E-state index contributed by atoms with van der Waals surface area (Å²) >= 11 is 0. The molecule has 1 N–H and O–H groups in total. The molecular formula is C18H23N5O2. The number of anilines is 3. The number of nitrogens with zero attached hydrogens (tertiary/aromatic N) is 4. The smallest absolute Gasteiger partial charge is 0.340 e. The maximum absolute atomic E-state index is 12.1. The van der Waals surface area contributed by atoms with Crippen LogP contribution in [0, 0.1) is 0 Å². The van der Waals surface area contributed by atoms with Crippen LogP contribution in [0.3, 0.4) is 0 Å². The second kappa shape index (κ2) is 7.94. The first kappa shape index (κ1) is 17.2. The molecule has 1 aliphatic heterocycles. The fraction of sp³-hybridized carbons (Fsp3) is 0.389. The number of piperazine rings is 1. The van der Waals surface area contributed by atoms with E-state index in [1.54, 1.807) is 25.3 Å². The summed E-state index contributed by atoms with van der Waals surface area (Å²) in [4.78, 5) is 25.5. The predicted molar refractivity (Wildman–Crippen MR) is 97.4 cm³/mol. The quantitative estimate of drug-likeness (QED) is 0.836. The van der Waals surface area contributed by atoms with Crippen molar-refractivity contribution < 1.29 is 9.53 Å². The summed E-state index contributed by atoms with van der Waals surface area (Å²) < 4.78 is 5.11. The summed E-state index contributed by atoms with van der Waals surface area (Å²) in [7, 11) is 2.11. The second-order valence-electron chi connectivity index (χ2n) is 5.92. The number of para-hydroxylation sites is 1. The number of benzene rings is 1. The lowest BCUT2D eigenvalue weighted by Crippen LogP contribution is -2.45. The maximum atomic E-state index is 12.1. The molecule has 0 spiro atoms. The van der Waals surface area contributed by atoms with Gasteiger partial charge in [0.05, 0.1) is 17.9 Å². The first-order valence-corrected chi connectivity index (χ1v) is 8.47. The van der Waals surface area contributed by atoms with Crippen molar-refractivity contribution in [1.82, 2.24) is 14.9 Å². The van der Waals surface area contributed by atoms with E-state index >= 15 is 0 Å². The summed E-state index contributed by atoms with van der Waals surface area (Å²) in [6, 6.07) is 9.05. The number of hydrogen-bond acceptors (Lipinski definition) is 7. The number of esters is 1. The highest BCUT2D eigenvalue weighted by Gasteiger charge is 2.17. The predicted octanol–water partition coefficient (Wildman–Crippen LogP) is 2.15. The van der Waals surface area contributed by atoms with Gasteiger partial charge >= 0.3 is 5.97 Å². The Kier molecular flexibility index (Phi) is 5.45. The lowest BCUT2D eigenvalue weighted by molar-refractivity contribution is 0.0527. The highest BCUT2D eigenvalue weighted by Crippen LogP contribution is 2.22. The Morgan fingerprint density at radius 2 is 1.96 bits per heavy atom. The molecule has 3 rings (SSSR count). The molecule has 0 aliphatic carbocycles. The average molecular weight is 341 g/mol. The van der Waals surface area contributed by atoms with Crippen LogP contribution in [0.2, 0.25) is 0 Å². The van der Waals surface area contributed by atoms with E-state index in [1.807, 2.05) is 18.2 Å². The van der Waals surface area contributed by atoms with Crippen molar-refractivity contribution in [2.75, 3.05) is 50.1 Å². The van der Waals surface area contributed by atoms with Gasteiger partial charge in [-0.05, 0) is 32.2 Å². The summed E-state index contributed by atoms with van der Waals surface area (Å²) in [6.45, 7) is 5.92. The van der Waals surface area contributed by atoms with Crippen molar-refractivity contribution in [2.45, 2.75) is 6.92 Å². The molecule has 1 aromatic heterocycles. The third-order valence-electron chi connectivity index (χ3n) is 4.11. The van der Waals surface area contributed by atoms with Crippen LogP contribution < -0.4 is 10.2 Å². The van der Waals surface area contributed by atoms with Crippen molar-refractivity contribution >= 4 is 23.4 Å². The molecule has 0 atom stereocenters. The lowest BCUT2D eigenvalue weighted by atomic mass is 10.2. The van der Waals surface area contributed by atoms with E-state index in [4.69, 9.17) is 4.74 Å². The Morgan fingerprint density at radius 3 is 2.72 bits per heavy atom. The van der Waals surface area contributed by atoms with Crippen LogP contribution in [0.15, 0.2) is 36.5 Å². The molecule has 0 bridgehead atoms. The molecule has 132 valence electrons. The van der Waals surface area contributed by atoms with Crippen LogP contribution in [0.1, 0.15) is 17.3 Å². The van der Waals surface area contributed by atoms with Gasteiger partial charge in [0, 0.05) is 32.4 Å². The van der Waals surface area contributed by atoms with E-state index < -0.39 is 0 Å². The second-order valence-corrected chi connectivity index (χ2v) is 5.92. The minimum atomic E-state index is -0.348. The van der Waals surface area contributed by atoms with Crippen LogP contribution in [-0.2, 0) is 4.74 Å². The molecule has 25 heavy (non-hydrogen) atoms. The third-order valence-corrected chi connectivity index (χ3v) is 4.11. The van der Waals surface area contributed by atoms with E-state index in [1.165, 1.54) is 0 Å². The van der Waals surface area contributed by atoms with Crippen molar-refractivity contribution in [3.05, 3.63) is 42.1 Å². The molecule has 0 radical (unpaired) electrons. The fourth-order valence-corrected chi connectivity index (χ4v) is 2.69. The van der Waals surface area contributed by atoms with Gasteiger partial charge < -0.3 is 19.9 Å². The maximum Gasteiger partial charge on any atom is 0.340 e. The van der Waals surface area contributed by atoms with Crippen LogP contribution in [0.4, 0.5) is 17.5 Å². The first-order chi connectivity index (χ1) is 12.2. The zero-order chi connectivity index (χ0) is 17.6. The number of hydrogen-bond donors (Lipinski definition) is 1. The standard InChI is InChI=1S/C18H23N5O2/c1-3-25-17(24)14-6-4-5-7-15(14)20-16-8-9-19-18(21-16)23-12-10-22(2)11-13-23/h4-9H,3,10-13H2,1-2H3,(H,19,20,21). The van der Waals surface area contributed by atoms with Crippen LogP contribution in [-0.4, -0.2) is 60.7 Å². The Morgan fingerprint density at radius 1 is 1.20 bits per heavy atom. The molecule has 1 saturated heterocycles. The van der Waals surface area contributed by atoms with Crippen molar-refractivity contribution in [1.29, 1.82) is 0 Å². The van der Waals surface area contributed by atoms with Gasteiger partial charge in [-0.25, -0.2) is 9.78 Å². The number of rotatable bonds is 5. The lowest BCUT2D eigenvalue weighted by Gasteiger charge is -2.32. The van der Waals surface area contributed by atoms with E-state index in [9.17, 15) is 4.79 Å². The van der Waals surface area contributed by atoms with Crippen LogP contribution in [0.5, 0.6) is 0 Å². The molecule has 0 saturated carbocycles. The topological polar surface area (TPSA) is 70.6 Å². The van der Waals surface area contributed by atoms with Gasteiger partial charge in [0.25, 0.3) is 0 Å². The molecule has 0 amide bonds. The molecular weight excluding hydrogens is 318 g/mol. The number of nitrogens with one attached hydrogen (secondary N) is 1. The largest absolute Gasteiger partial charge is 0.462 e. The average Bonchev–Trinajstić information content (AvgIpc) is 2.63. The summed E-state index contributed by atoms with van der Waals surface area (Å²) in [5.74, 6) is 1.01. The van der Waals surface area contributed by atoms with Gasteiger partial charge in [-0.3, -0.25) is 0 Å². The number of ether oxygens (including phenoxy) is 1. The van der Waals surface area contributed by atoms with Gasteiger partial charge in [0.1, 0.15) is 5.82 Å². The fourth-order valence-electron chi connectivity index (χ4n) is 2.69. The van der Waals surface area contributed by atoms with Gasteiger partial charge in [0.2, 0.25) is 5.95 Å². The summed E-state index contributed by atoms with van der Waals surface area (Å²) in [5, 5.41) is 3.21. The van der Waals surface area contributed by atoms with Gasteiger partial charge in [-0.1, -0.05) is 12.1 Å². The van der Waals surface area contributed by atoms with Crippen molar-refractivity contribution in [3.63, 3.8) is 0 Å². The minimum Gasteiger partial charge on any atom is -0.462 e. The zero-order valence-electron chi connectivity index (χ0n) is 14.6. The van der Waals surface area contributed by atoms with Crippen molar-refractivity contribution in [2.24, 2.45) is 0 Å². The van der Waals surface area contributed by atoms with E-state index in [2.05, 4.69) is 32.1 Å². The number of carbonyl (C=O) groups excluding carboxylic acids is 1. The molecule has 7 heteroatoms. The molecule has 0 unspecified atom stereocenters. The third kappa shape index (κ3) is 4.24. The molecule has 1 aliphatic rings. The Hall–Kier alpha value is -2.67. The van der Waals surface area contributed by atoms with Gasteiger partial charge in [-0.15, -0.1) is 0 Å². The van der Waals surface area contributed by atoms with E-state index in [0.717, 1.165) is 26.2 Å². The SMILES string of the molecule is CCOC(=O)c1ccccc1Nc1ccnc(N2CCN(C)CC2)n1. The highest BCUT2D eigenvalue weighted by atomic mass is 16.5. The molecule has 2 aromatic rings. The Balaban J connectivity index is 1.78. The van der Waals surface area contributed by atoms with E-state index in [-0.39, 0.29) is 5.97 Å². The van der Waals surface area contributed by atoms with Crippen LogP contribution in [0.25, 0.3) is 0 Å². The number of aromatic nitrogens is 2. The van der Waals surface area contributed by atoms with Crippen molar-refractivity contribution in [3.8, 4) is 0 Å². The van der Waals surface area contributed by atoms with E-state index in [0.29, 0.717) is 29.6 Å². The van der Waals surface area contributed by atoms with Crippen LogP contribution >= 0.6 is 0 Å². The minimum absolute atomic E-state index is 0.341. The molecule has 1 aromatic carbocycles. The highest BCUT2D eigenvalue weighted by molar-refractivity contribution is 5.96. The number of carbonyl (C=O) groups is 1. The Bertz CT molecular complexity index is 729. The molecule has 2 heterocycles. The van der Waals surface area contributed by atoms with Gasteiger partial charge in [0.15, 0.2) is 0 Å². The van der Waals surface area contributed by atoms with Gasteiger partial charge in [-0.2, -0.15) is 4.98 Å². The zero-order valence-corrected chi connectivity index (χ0v) is 14.6. The molecule has 7 nitrogen and oxygen atoms in total. The first-order valence-electron chi connectivity index (χ1n) is 8.47. The summed E-state index contributed by atoms with van der Waals surface area (Å²) in [6.07, 6.45) is 1.73. The monoisotopic (exact) mass is 341 g/mol. The molecule has 1 fully saturated rings. The normalized spacial score (nSPS) is 15.0. The number of likely N-dealkylation sites (N-methyl/N-ethyl adjacent to an activating group) is 1.